The van der Waals surface area contributed by atoms with Crippen molar-refractivity contribution in [3.05, 3.63) is 35.0 Å². The average Bonchev–Trinajstić information content (AvgIpc) is 3.18. The van der Waals surface area contributed by atoms with E-state index < -0.39 is 0 Å². The van der Waals surface area contributed by atoms with Crippen molar-refractivity contribution in [3.8, 4) is 0 Å². The number of carbonyl (C=O) groups is 1. The molecule has 1 saturated heterocycles. The zero-order valence-corrected chi connectivity index (χ0v) is 14.5. The summed E-state index contributed by atoms with van der Waals surface area (Å²) in [5.41, 5.74) is 2.40. The topological polar surface area (TPSA) is 85.0 Å². The predicted molar refractivity (Wildman–Crippen MR) is 90.0 cm³/mol. The maximum Gasteiger partial charge on any atom is 0.271 e. The van der Waals surface area contributed by atoms with Crippen LogP contribution >= 0.6 is 0 Å². The summed E-state index contributed by atoms with van der Waals surface area (Å²) in [6.45, 7) is 7.76. The zero-order valence-electron chi connectivity index (χ0n) is 14.5. The molecule has 2 unspecified atom stereocenters. The van der Waals surface area contributed by atoms with Crippen LogP contribution in [0.25, 0.3) is 0 Å². The molecule has 2 aromatic rings. The molecule has 130 valence electrons. The van der Waals surface area contributed by atoms with Crippen molar-refractivity contribution in [1.82, 2.24) is 25.6 Å². The third kappa shape index (κ3) is 3.67. The number of carbonyl (C=O) groups excluding carboxylic acids is 1. The first-order chi connectivity index (χ1) is 11.5. The molecular weight excluding hydrogens is 306 g/mol. The monoisotopic (exact) mass is 331 g/mol. The molecule has 3 heterocycles. The van der Waals surface area contributed by atoms with Gasteiger partial charge in [-0.05, 0) is 52.6 Å². The molecule has 2 atom stereocenters. The second kappa shape index (κ2) is 7.17. The zero-order chi connectivity index (χ0) is 17.1. The van der Waals surface area contributed by atoms with Crippen LogP contribution in [0.5, 0.6) is 0 Å². The molecule has 1 fully saturated rings. The molecule has 0 radical (unpaired) electrons. The van der Waals surface area contributed by atoms with E-state index in [1.165, 1.54) is 0 Å². The van der Waals surface area contributed by atoms with Gasteiger partial charge in [0.15, 0.2) is 0 Å². The Hall–Kier alpha value is -2.15. The Bertz CT molecular complexity index is 680. The molecule has 24 heavy (non-hydrogen) atoms. The van der Waals surface area contributed by atoms with E-state index in [-0.39, 0.29) is 11.9 Å². The number of hydrogen-bond acceptors (Lipinski definition) is 5. The summed E-state index contributed by atoms with van der Waals surface area (Å²) in [5, 5.41) is 14.8. The summed E-state index contributed by atoms with van der Waals surface area (Å²) in [4.78, 5) is 12.4. The Kier molecular flexibility index (Phi) is 4.99. The van der Waals surface area contributed by atoms with Crippen molar-refractivity contribution in [2.24, 2.45) is 0 Å². The van der Waals surface area contributed by atoms with Gasteiger partial charge in [-0.1, -0.05) is 5.16 Å². The highest BCUT2D eigenvalue weighted by Crippen LogP contribution is 2.16. The number of amides is 1. The van der Waals surface area contributed by atoms with Crippen molar-refractivity contribution in [2.45, 2.75) is 52.1 Å². The highest BCUT2D eigenvalue weighted by atomic mass is 16.5. The third-order valence-corrected chi connectivity index (χ3v) is 4.55. The maximum atomic E-state index is 12.4. The van der Waals surface area contributed by atoms with Gasteiger partial charge in [0.05, 0.1) is 11.7 Å². The Balaban J connectivity index is 1.59. The lowest BCUT2D eigenvalue weighted by Gasteiger charge is -2.22. The summed E-state index contributed by atoms with van der Waals surface area (Å²) in [7, 11) is 0. The average molecular weight is 331 g/mol. The van der Waals surface area contributed by atoms with Crippen molar-refractivity contribution in [2.75, 3.05) is 13.1 Å². The Morgan fingerprint density at radius 2 is 2.38 bits per heavy atom. The first-order valence-corrected chi connectivity index (χ1v) is 8.53. The normalized spacial score (nSPS) is 19.2. The van der Waals surface area contributed by atoms with Crippen molar-refractivity contribution < 1.29 is 9.32 Å². The Morgan fingerprint density at radius 1 is 1.54 bits per heavy atom. The van der Waals surface area contributed by atoms with Gasteiger partial charge >= 0.3 is 0 Å². The van der Waals surface area contributed by atoms with Crippen LogP contribution in [0.1, 0.15) is 53.3 Å². The van der Waals surface area contributed by atoms with Crippen LogP contribution < -0.4 is 10.6 Å². The summed E-state index contributed by atoms with van der Waals surface area (Å²) in [5.74, 6) is 0.666. The van der Waals surface area contributed by atoms with Gasteiger partial charge in [0.1, 0.15) is 11.5 Å². The van der Waals surface area contributed by atoms with E-state index in [1.807, 2.05) is 31.6 Å². The number of nitrogens with zero attached hydrogens (tertiary/aromatic N) is 3. The lowest BCUT2D eigenvalue weighted by molar-refractivity contribution is 0.0933. The third-order valence-electron chi connectivity index (χ3n) is 4.55. The fraction of sp³-hybridized carbons (Fsp3) is 0.588. The molecule has 0 bridgehead atoms. The molecular formula is C17H25N5O2. The number of hydrogen-bond donors (Lipinski definition) is 2. The summed E-state index contributed by atoms with van der Waals surface area (Å²) >= 11 is 0. The molecule has 1 amide bonds. The molecule has 0 aliphatic carbocycles. The second-order valence-electron chi connectivity index (χ2n) is 6.56. The van der Waals surface area contributed by atoms with Gasteiger partial charge in [0.2, 0.25) is 0 Å². The minimum atomic E-state index is -0.142. The molecule has 0 aromatic carbocycles. The molecule has 1 aliphatic rings. The largest absolute Gasteiger partial charge is 0.361 e. The summed E-state index contributed by atoms with van der Waals surface area (Å²) in [6.07, 6.45) is 4.82. The predicted octanol–water partition coefficient (Wildman–Crippen LogP) is 1.77. The minimum absolute atomic E-state index is 0.0178. The highest BCUT2D eigenvalue weighted by molar-refractivity contribution is 5.92. The molecule has 2 N–H and O–H groups in total. The fourth-order valence-electron chi connectivity index (χ4n) is 3.17. The smallest absolute Gasteiger partial charge is 0.271 e. The summed E-state index contributed by atoms with van der Waals surface area (Å²) < 4.78 is 7.07. The van der Waals surface area contributed by atoms with Crippen LogP contribution in [0.2, 0.25) is 0 Å². The minimum Gasteiger partial charge on any atom is -0.361 e. The van der Waals surface area contributed by atoms with Gasteiger partial charge < -0.3 is 15.2 Å². The number of rotatable bonds is 5. The lowest BCUT2D eigenvalue weighted by Crippen LogP contribution is -2.35. The van der Waals surface area contributed by atoms with Gasteiger partial charge in [-0.25, -0.2) is 0 Å². The summed E-state index contributed by atoms with van der Waals surface area (Å²) in [6, 6.07) is 2.10. The lowest BCUT2D eigenvalue weighted by atomic mass is 10.1. The Labute approximate surface area is 141 Å². The van der Waals surface area contributed by atoms with Crippen LogP contribution in [0.4, 0.5) is 0 Å². The second-order valence-corrected chi connectivity index (χ2v) is 6.56. The number of aromatic nitrogens is 3. The number of piperidine rings is 1. The van der Waals surface area contributed by atoms with Crippen LogP contribution in [0.15, 0.2) is 16.8 Å². The molecule has 0 saturated carbocycles. The van der Waals surface area contributed by atoms with Crippen LogP contribution in [0, 0.1) is 13.8 Å². The quantitative estimate of drug-likeness (QED) is 0.872. The first-order valence-electron chi connectivity index (χ1n) is 8.53. The van der Waals surface area contributed by atoms with Gasteiger partial charge in [0.25, 0.3) is 5.91 Å². The number of aryl methyl sites for hydroxylation is 2. The SMILES string of the molecule is Cc1noc(C)c1CC(C)NC(=O)c1ccn(C2CCCNC2)n1. The van der Waals surface area contributed by atoms with E-state index in [1.54, 1.807) is 6.07 Å². The van der Waals surface area contributed by atoms with E-state index >= 15 is 0 Å². The number of nitrogens with one attached hydrogen (secondary N) is 2. The van der Waals surface area contributed by atoms with Crippen LogP contribution in [-0.4, -0.2) is 40.0 Å². The first kappa shape index (κ1) is 16.7. The molecule has 0 spiro atoms. The van der Waals surface area contributed by atoms with E-state index in [9.17, 15) is 4.79 Å². The van der Waals surface area contributed by atoms with Crippen molar-refractivity contribution in [3.63, 3.8) is 0 Å². The molecule has 3 rings (SSSR count). The molecule has 2 aromatic heterocycles. The van der Waals surface area contributed by atoms with Gasteiger partial charge in [-0.3, -0.25) is 9.48 Å². The van der Waals surface area contributed by atoms with Crippen molar-refractivity contribution in [1.29, 1.82) is 0 Å². The molecule has 7 nitrogen and oxygen atoms in total. The van der Waals surface area contributed by atoms with E-state index in [2.05, 4.69) is 20.9 Å². The Morgan fingerprint density at radius 3 is 3.04 bits per heavy atom. The van der Waals surface area contributed by atoms with E-state index in [4.69, 9.17) is 4.52 Å². The highest BCUT2D eigenvalue weighted by Gasteiger charge is 2.19. The molecule has 1 aliphatic heterocycles. The fourth-order valence-corrected chi connectivity index (χ4v) is 3.17. The van der Waals surface area contributed by atoms with Gasteiger partial charge in [-0.15, -0.1) is 0 Å². The van der Waals surface area contributed by atoms with Crippen LogP contribution in [0.3, 0.4) is 0 Å². The van der Waals surface area contributed by atoms with E-state index in [0.29, 0.717) is 18.2 Å². The van der Waals surface area contributed by atoms with Crippen LogP contribution in [-0.2, 0) is 6.42 Å². The maximum absolute atomic E-state index is 12.4. The standard InChI is InChI=1S/C17H25N5O2/c1-11(9-15-12(2)21-24-13(15)3)19-17(23)16-6-8-22(20-16)14-5-4-7-18-10-14/h6,8,11,14,18H,4-5,7,9-10H2,1-3H3,(H,19,23). The molecule has 7 heteroatoms. The van der Waals surface area contributed by atoms with Gasteiger partial charge in [0, 0.05) is 24.3 Å². The van der Waals surface area contributed by atoms with Crippen molar-refractivity contribution >= 4 is 5.91 Å². The van der Waals surface area contributed by atoms with Gasteiger partial charge in [-0.2, -0.15) is 5.10 Å². The van der Waals surface area contributed by atoms with E-state index in [0.717, 1.165) is 42.9 Å².